The summed E-state index contributed by atoms with van der Waals surface area (Å²) in [6, 6.07) is 8.96. The predicted octanol–water partition coefficient (Wildman–Crippen LogP) is 4.05. The molecule has 35 heavy (non-hydrogen) atoms. The number of hydrogen-bond acceptors (Lipinski definition) is 4. The van der Waals surface area contributed by atoms with Crippen molar-refractivity contribution in [1.82, 2.24) is 10.2 Å². The Hall–Kier alpha value is -3.15. The minimum Gasteiger partial charge on any atom is -0.340 e. The zero-order valence-electron chi connectivity index (χ0n) is 18.5. The second-order valence-electron chi connectivity index (χ2n) is 9.34. The van der Waals surface area contributed by atoms with E-state index in [1.807, 2.05) is 0 Å². The summed E-state index contributed by atoms with van der Waals surface area (Å²) in [7, 11) is 0. The smallest absolute Gasteiger partial charge is 0.254 e. The number of nitrogens with zero attached hydrogens (tertiary/aromatic N) is 2. The molecule has 0 unspecified atom stereocenters. The monoisotopic (exact) mass is 514 g/mol. The van der Waals surface area contributed by atoms with Gasteiger partial charge in [0.25, 0.3) is 5.91 Å². The lowest BCUT2D eigenvalue weighted by molar-refractivity contribution is -0.133. The second-order valence-corrected chi connectivity index (χ2v) is 10.2. The highest BCUT2D eigenvalue weighted by Gasteiger charge is 2.56. The molecule has 0 radical (unpaired) electrons. The maximum Gasteiger partial charge on any atom is 0.254 e. The van der Waals surface area contributed by atoms with Crippen LogP contribution in [0.25, 0.3) is 0 Å². The van der Waals surface area contributed by atoms with Gasteiger partial charge in [-0.2, -0.15) is 5.26 Å². The third-order valence-electron chi connectivity index (χ3n) is 7.03. The standard InChI is InChI=1S/C25H21Cl2FN4O3/c26-17-2-1-3-18(27)21(17)22(33)30-20(8-13-4-5-13)23(34)32-12-25(10-15(32)11-29)16-9-14(28)6-7-19(16)31-24(25)35/h1-3,6-7,9,13,15,20H,4-5,8,10,12H2,(H,30,33)(H,31,35)/t15-,20-,25-/m0/s1. The highest BCUT2D eigenvalue weighted by Crippen LogP contribution is 2.47. The van der Waals surface area contributed by atoms with E-state index in [1.165, 1.54) is 35.2 Å². The van der Waals surface area contributed by atoms with E-state index < -0.39 is 35.1 Å². The van der Waals surface area contributed by atoms with Gasteiger partial charge in [-0.3, -0.25) is 14.4 Å². The van der Waals surface area contributed by atoms with Crippen LogP contribution in [-0.2, 0) is 15.0 Å². The SMILES string of the molecule is N#C[C@@H]1C[C@@]2(CN1C(=O)[C@H](CC1CC1)NC(=O)c1c(Cl)cccc1Cl)C(=O)Nc1ccc(F)cc12. The maximum atomic E-state index is 14.1. The van der Waals surface area contributed by atoms with Crippen LogP contribution in [0, 0.1) is 23.1 Å². The highest BCUT2D eigenvalue weighted by molar-refractivity contribution is 6.39. The number of benzene rings is 2. The van der Waals surface area contributed by atoms with Crippen LogP contribution in [0.1, 0.15) is 41.6 Å². The Morgan fingerprint density at radius 2 is 1.97 bits per heavy atom. The summed E-state index contributed by atoms with van der Waals surface area (Å²) >= 11 is 12.4. The number of nitriles is 1. The molecule has 2 aromatic rings. The van der Waals surface area contributed by atoms with Crippen molar-refractivity contribution in [3.05, 3.63) is 63.4 Å². The Morgan fingerprint density at radius 3 is 2.63 bits per heavy atom. The first-order valence-electron chi connectivity index (χ1n) is 11.3. The molecule has 3 atom stereocenters. The van der Waals surface area contributed by atoms with E-state index in [0.717, 1.165) is 12.8 Å². The fourth-order valence-corrected chi connectivity index (χ4v) is 5.62. The van der Waals surface area contributed by atoms with Crippen LogP contribution in [0.15, 0.2) is 36.4 Å². The number of nitrogens with one attached hydrogen (secondary N) is 2. The Balaban J connectivity index is 1.44. The molecule has 0 aromatic heterocycles. The average Bonchev–Trinajstić information content (AvgIpc) is 3.49. The largest absolute Gasteiger partial charge is 0.340 e. The molecule has 2 fully saturated rings. The van der Waals surface area contributed by atoms with Crippen LogP contribution in [0.3, 0.4) is 0 Å². The van der Waals surface area contributed by atoms with E-state index >= 15 is 0 Å². The zero-order valence-corrected chi connectivity index (χ0v) is 20.0. The number of rotatable bonds is 5. The van der Waals surface area contributed by atoms with Crippen molar-refractivity contribution in [1.29, 1.82) is 5.26 Å². The first kappa shape index (κ1) is 23.6. The normalized spacial score (nSPS) is 23.5. The van der Waals surface area contributed by atoms with Gasteiger partial charge >= 0.3 is 0 Å². The van der Waals surface area contributed by atoms with Crippen LogP contribution in [0.5, 0.6) is 0 Å². The molecule has 180 valence electrons. The van der Waals surface area contributed by atoms with E-state index in [0.29, 0.717) is 17.7 Å². The minimum absolute atomic E-state index is 0.0396. The summed E-state index contributed by atoms with van der Waals surface area (Å²) in [4.78, 5) is 41.1. The molecule has 0 bridgehead atoms. The van der Waals surface area contributed by atoms with Gasteiger partial charge in [0.1, 0.15) is 17.9 Å². The summed E-state index contributed by atoms with van der Waals surface area (Å²) < 4.78 is 14.1. The van der Waals surface area contributed by atoms with Gasteiger partial charge < -0.3 is 15.5 Å². The van der Waals surface area contributed by atoms with Crippen LogP contribution >= 0.6 is 23.2 Å². The van der Waals surface area contributed by atoms with Crippen molar-refractivity contribution in [2.45, 2.75) is 43.2 Å². The van der Waals surface area contributed by atoms with Gasteiger partial charge in [0.05, 0.1) is 27.1 Å². The molecule has 10 heteroatoms. The molecular weight excluding hydrogens is 494 g/mol. The summed E-state index contributed by atoms with van der Waals surface area (Å²) in [6.07, 6.45) is 2.31. The molecule has 2 N–H and O–H groups in total. The van der Waals surface area contributed by atoms with Crippen LogP contribution in [-0.4, -0.2) is 41.2 Å². The molecule has 7 nitrogen and oxygen atoms in total. The number of likely N-dealkylation sites (tertiary alicyclic amines) is 1. The third kappa shape index (κ3) is 4.13. The van der Waals surface area contributed by atoms with Crippen molar-refractivity contribution in [2.75, 3.05) is 11.9 Å². The van der Waals surface area contributed by atoms with Gasteiger partial charge in [-0.1, -0.05) is 42.1 Å². The lowest BCUT2D eigenvalue weighted by Crippen LogP contribution is -2.51. The van der Waals surface area contributed by atoms with E-state index in [4.69, 9.17) is 23.2 Å². The summed E-state index contributed by atoms with van der Waals surface area (Å²) in [5, 5.41) is 15.7. The Kier molecular flexibility index (Phi) is 5.94. The van der Waals surface area contributed by atoms with Crippen LogP contribution in [0.4, 0.5) is 10.1 Å². The molecule has 2 heterocycles. The maximum absolute atomic E-state index is 14.1. The van der Waals surface area contributed by atoms with Crippen molar-refractivity contribution in [2.24, 2.45) is 5.92 Å². The fourth-order valence-electron chi connectivity index (χ4n) is 5.05. The van der Waals surface area contributed by atoms with E-state index in [1.54, 1.807) is 6.07 Å². The average molecular weight is 515 g/mol. The number of fused-ring (bicyclic) bond motifs is 2. The minimum atomic E-state index is -1.23. The number of halogens is 3. The number of carbonyl (C=O) groups is 3. The number of hydrogen-bond donors (Lipinski definition) is 2. The second kappa shape index (κ2) is 8.81. The molecule has 1 saturated carbocycles. The summed E-state index contributed by atoms with van der Waals surface area (Å²) in [5.74, 6) is -1.66. The van der Waals surface area contributed by atoms with Gasteiger partial charge in [-0.05, 0) is 48.2 Å². The van der Waals surface area contributed by atoms with Gasteiger partial charge in [0, 0.05) is 18.7 Å². The molecule has 2 aliphatic heterocycles. The number of carbonyl (C=O) groups excluding carboxylic acids is 3. The van der Waals surface area contributed by atoms with Gasteiger partial charge in [0.15, 0.2) is 0 Å². The fraction of sp³-hybridized carbons (Fsp3) is 0.360. The first-order valence-corrected chi connectivity index (χ1v) is 12.1. The van der Waals surface area contributed by atoms with E-state index in [-0.39, 0.29) is 40.4 Å². The van der Waals surface area contributed by atoms with Crippen LogP contribution < -0.4 is 10.6 Å². The molecule has 1 aliphatic carbocycles. The molecule has 3 amide bonds. The van der Waals surface area contributed by atoms with Crippen molar-refractivity contribution in [3.8, 4) is 6.07 Å². The first-order chi connectivity index (χ1) is 16.7. The molecular formula is C25H21Cl2FN4O3. The number of amides is 3. The molecule has 5 rings (SSSR count). The summed E-state index contributed by atoms with van der Waals surface area (Å²) in [5.41, 5.74) is -0.255. The zero-order chi connectivity index (χ0) is 24.9. The van der Waals surface area contributed by atoms with Crippen molar-refractivity contribution in [3.63, 3.8) is 0 Å². The Labute approximate surface area is 211 Å². The number of anilines is 1. The van der Waals surface area contributed by atoms with Crippen LogP contribution in [0.2, 0.25) is 10.0 Å². The third-order valence-corrected chi connectivity index (χ3v) is 7.66. The summed E-state index contributed by atoms with van der Waals surface area (Å²) in [6.45, 7) is -0.0871. The van der Waals surface area contributed by atoms with Gasteiger partial charge in [-0.25, -0.2) is 4.39 Å². The Morgan fingerprint density at radius 1 is 1.26 bits per heavy atom. The quantitative estimate of drug-likeness (QED) is 0.628. The predicted molar refractivity (Wildman–Crippen MR) is 127 cm³/mol. The molecule has 1 spiro atoms. The molecule has 3 aliphatic rings. The van der Waals surface area contributed by atoms with Crippen molar-refractivity contribution >= 4 is 46.6 Å². The molecule has 2 aromatic carbocycles. The van der Waals surface area contributed by atoms with Gasteiger partial charge in [0.2, 0.25) is 11.8 Å². The Bertz CT molecular complexity index is 1270. The highest BCUT2D eigenvalue weighted by atomic mass is 35.5. The molecule has 1 saturated heterocycles. The van der Waals surface area contributed by atoms with Gasteiger partial charge in [-0.15, -0.1) is 0 Å². The van der Waals surface area contributed by atoms with E-state index in [9.17, 15) is 24.0 Å². The lowest BCUT2D eigenvalue weighted by Gasteiger charge is -2.28. The van der Waals surface area contributed by atoms with E-state index in [2.05, 4.69) is 16.7 Å². The van der Waals surface area contributed by atoms with Crippen molar-refractivity contribution < 1.29 is 18.8 Å². The lowest BCUT2D eigenvalue weighted by atomic mass is 9.79. The topological polar surface area (TPSA) is 102 Å².